The summed E-state index contributed by atoms with van der Waals surface area (Å²) in [5, 5.41) is 3.90. The van der Waals surface area contributed by atoms with Crippen LogP contribution < -0.4 is 14.8 Å². The molecule has 3 heterocycles. The van der Waals surface area contributed by atoms with Gasteiger partial charge in [0.2, 0.25) is 6.79 Å². The molecule has 0 saturated carbocycles. The van der Waals surface area contributed by atoms with Gasteiger partial charge in [-0.25, -0.2) is 9.69 Å². The molecule has 2 aromatic carbocycles. The zero-order chi connectivity index (χ0) is 22.5. The summed E-state index contributed by atoms with van der Waals surface area (Å²) in [6.07, 6.45) is 0.767. The molecule has 0 aliphatic carbocycles. The Kier molecular flexibility index (Phi) is 4.82. The smallest absolute Gasteiger partial charge is 0.326 e. The summed E-state index contributed by atoms with van der Waals surface area (Å²) in [6.45, 7) is 4.62. The van der Waals surface area contributed by atoms with E-state index >= 15 is 0 Å². The number of benzene rings is 2. The normalized spacial score (nSPS) is 19.9. The van der Waals surface area contributed by atoms with Gasteiger partial charge in [-0.05, 0) is 37.7 Å². The molecule has 2 aliphatic heterocycles. The van der Waals surface area contributed by atoms with Crippen molar-refractivity contribution in [2.24, 2.45) is 0 Å². The van der Waals surface area contributed by atoms with Gasteiger partial charge in [-0.1, -0.05) is 31.2 Å². The summed E-state index contributed by atoms with van der Waals surface area (Å²) in [4.78, 5) is 29.3. The molecule has 0 bridgehead atoms. The number of imide groups is 1. The van der Waals surface area contributed by atoms with Gasteiger partial charge in [0.05, 0.1) is 6.67 Å². The minimum Gasteiger partial charge on any atom is -0.461 e. The van der Waals surface area contributed by atoms with Crippen molar-refractivity contribution in [2.75, 3.05) is 20.5 Å². The van der Waals surface area contributed by atoms with E-state index in [9.17, 15) is 9.59 Å². The highest BCUT2D eigenvalue weighted by atomic mass is 16.7. The van der Waals surface area contributed by atoms with Gasteiger partial charge in [-0.3, -0.25) is 9.69 Å². The van der Waals surface area contributed by atoms with Gasteiger partial charge in [-0.15, -0.1) is 0 Å². The SMILES string of the molecule is CCc1oc2ccccc2c1CN(C)CN1C(=O)NC(C)(c2ccc3c(c2)OCO3)C1=O. The molecule has 3 amide bonds. The maximum atomic E-state index is 13.3. The van der Waals surface area contributed by atoms with E-state index in [1.54, 1.807) is 25.1 Å². The average molecular weight is 435 g/mol. The second kappa shape index (κ2) is 7.56. The second-order valence-corrected chi connectivity index (χ2v) is 8.37. The molecule has 1 saturated heterocycles. The van der Waals surface area contributed by atoms with Crippen molar-refractivity contribution in [3.8, 4) is 11.5 Å². The maximum absolute atomic E-state index is 13.3. The van der Waals surface area contributed by atoms with Crippen molar-refractivity contribution in [3.05, 3.63) is 59.4 Å². The van der Waals surface area contributed by atoms with E-state index in [1.165, 1.54) is 4.90 Å². The first-order chi connectivity index (χ1) is 15.4. The van der Waals surface area contributed by atoms with Crippen LogP contribution in [0.15, 0.2) is 46.9 Å². The Balaban J connectivity index is 1.36. The van der Waals surface area contributed by atoms with Crippen LogP contribution in [0.2, 0.25) is 0 Å². The van der Waals surface area contributed by atoms with Gasteiger partial charge in [0, 0.05) is 23.9 Å². The van der Waals surface area contributed by atoms with E-state index in [4.69, 9.17) is 13.9 Å². The molecule has 166 valence electrons. The average Bonchev–Trinajstić information content (AvgIpc) is 3.45. The molecular weight excluding hydrogens is 410 g/mol. The summed E-state index contributed by atoms with van der Waals surface area (Å²) in [5.41, 5.74) is 1.41. The number of amides is 3. The fraction of sp³-hybridized carbons (Fsp3) is 0.333. The van der Waals surface area contributed by atoms with Crippen LogP contribution in [0.5, 0.6) is 11.5 Å². The van der Waals surface area contributed by atoms with E-state index in [0.29, 0.717) is 23.6 Å². The summed E-state index contributed by atoms with van der Waals surface area (Å²) < 4.78 is 16.8. The number of furan rings is 1. The number of hydrogen-bond donors (Lipinski definition) is 1. The number of rotatable bonds is 6. The first-order valence-electron chi connectivity index (χ1n) is 10.6. The Morgan fingerprint density at radius 1 is 1.12 bits per heavy atom. The fourth-order valence-corrected chi connectivity index (χ4v) is 4.40. The van der Waals surface area contributed by atoms with Gasteiger partial charge in [0.1, 0.15) is 16.9 Å². The van der Waals surface area contributed by atoms with Crippen molar-refractivity contribution in [1.29, 1.82) is 0 Å². The third-order valence-electron chi connectivity index (χ3n) is 6.14. The lowest BCUT2D eigenvalue weighted by atomic mass is 9.92. The minimum atomic E-state index is -1.17. The molecule has 0 radical (unpaired) electrons. The molecule has 32 heavy (non-hydrogen) atoms. The van der Waals surface area contributed by atoms with Crippen molar-refractivity contribution in [3.63, 3.8) is 0 Å². The van der Waals surface area contributed by atoms with Crippen LogP contribution in [0.4, 0.5) is 4.79 Å². The van der Waals surface area contributed by atoms with Crippen molar-refractivity contribution < 1.29 is 23.5 Å². The van der Waals surface area contributed by atoms with E-state index in [0.717, 1.165) is 28.7 Å². The Morgan fingerprint density at radius 3 is 2.72 bits per heavy atom. The van der Waals surface area contributed by atoms with E-state index in [2.05, 4.69) is 12.2 Å². The van der Waals surface area contributed by atoms with Crippen molar-refractivity contribution in [2.45, 2.75) is 32.4 Å². The molecule has 2 aliphatic rings. The molecule has 8 heteroatoms. The predicted molar refractivity (Wildman–Crippen MR) is 117 cm³/mol. The number of aryl methyl sites for hydroxylation is 1. The molecule has 5 rings (SSSR count). The molecule has 1 unspecified atom stereocenters. The van der Waals surface area contributed by atoms with Crippen LogP contribution in [0.25, 0.3) is 11.0 Å². The van der Waals surface area contributed by atoms with E-state index in [1.807, 2.05) is 36.2 Å². The van der Waals surface area contributed by atoms with Gasteiger partial charge in [-0.2, -0.15) is 0 Å². The lowest BCUT2D eigenvalue weighted by Crippen LogP contribution is -2.42. The number of ether oxygens (including phenoxy) is 2. The van der Waals surface area contributed by atoms with E-state index in [-0.39, 0.29) is 19.4 Å². The molecule has 1 fully saturated rings. The second-order valence-electron chi connectivity index (χ2n) is 8.37. The fourth-order valence-electron chi connectivity index (χ4n) is 4.40. The molecule has 1 N–H and O–H groups in total. The Hall–Kier alpha value is -3.52. The van der Waals surface area contributed by atoms with Gasteiger partial charge in [0.15, 0.2) is 11.5 Å². The van der Waals surface area contributed by atoms with Crippen LogP contribution >= 0.6 is 0 Å². The standard InChI is InChI=1S/C24H25N3O5/c1-4-18-17(16-7-5-6-8-19(16)32-18)12-26(3)13-27-22(28)24(2,25-23(27)29)15-9-10-20-21(11-15)31-14-30-20/h5-11H,4,12-14H2,1-3H3,(H,25,29). The van der Waals surface area contributed by atoms with Crippen molar-refractivity contribution >= 4 is 22.9 Å². The van der Waals surface area contributed by atoms with Gasteiger partial charge < -0.3 is 19.2 Å². The molecule has 8 nitrogen and oxygen atoms in total. The molecule has 3 aromatic rings. The van der Waals surface area contributed by atoms with Crippen LogP contribution in [-0.4, -0.2) is 42.2 Å². The number of carbonyl (C=O) groups excluding carboxylic acids is 2. The highest BCUT2D eigenvalue weighted by molar-refractivity contribution is 6.07. The van der Waals surface area contributed by atoms with Gasteiger partial charge >= 0.3 is 6.03 Å². The number of carbonyl (C=O) groups is 2. The van der Waals surface area contributed by atoms with Crippen LogP contribution in [-0.2, 0) is 23.3 Å². The van der Waals surface area contributed by atoms with Crippen LogP contribution in [0, 0.1) is 0 Å². The quantitative estimate of drug-likeness (QED) is 0.596. The summed E-state index contributed by atoms with van der Waals surface area (Å²) in [5.74, 6) is 1.81. The Labute approximate surface area is 185 Å². The van der Waals surface area contributed by atoms with Gasteiger partial charge in [0.25, 0.3) is 5.91 Å². The van der Waals surface area contributed by atoms with Crippen molar-refractivity contribution in [1.82, 2.24) is 15.1 Å². The van der Waals surface area contributed by atoms with Crippen LogP contribution in [0.3, 0.4) is 0 Å². The first-order valence-corrected chi connectivity index (χ1v) is 10.6. The molecule has 1 atom stereocenters. The number of hydrogen-bond acceptors (Lipinski definition) is 6. The van der Waals surface area contributed by atoms with E-state index < -0.39 is 11.6 Å². The lowest BCUT2D eigenvalue weighted by molar-refractivity contribution is -0.132. The summed E-state index contributed by atoms with van der Waals surface area (Å²) in [6, 6.07) is 12.8. The summed E-state index contributed by atoms with van der Waals surface area (Å²) >= 11 is 0. The highest BCUT2D eigenvalue weighted by Crippen LogP contribution is 2.38. The monoisotopic (exact) mass is 435 g/mol. The number of urea groups is 1. The zero-order valence-electron chi connectivity index (χ0n) is 18.3. The third-order valence-corrected chi connectivity index (χ3v) is 6.14. The topological polar surface area (TPSA) is 84.2 Å². The Bertz CT molecular complexity index is 1220. The molecule has 0 spiro atoms. The first kappa shape index (κ1) is 20.4. The summed E-state index contributed by atoms with van der Waals surface area (Å²) in [7, 11) is 1.89. The largest absolute Gasteiger partial charge is 0.461 e. The minimum absolute atomic E-state index is 0.148. The number of nitrogens with one attached hydrogen (secondary N) is 1. The zero-order valence-corrected chi connectivity index (χ0v) is 18.3. The molecular formula is C24H25N3O5. The Morgan fingerprint density at radius 2 is 1.91 bits per heavy atom. The highest BCUT2D eigenvalue weighted by Gasteiger charge is 2.49. The third kappa shape index (κ3) is 3.18. The number of fused-ring (bicyclic) bond motifs is 2. The predicted octanol–water partition coefficient (Wildman–Crippen LogP) is 3.58. The van der Waals surface area contributed by atoms with Crippen LogP contribution in [0.1, 0.15) is 30.7 Å². The number of para-hydroxylation sites is 1. The lowest BCUT2D eigenvalue weighted by Gasteiger charge is -2.25. The maximum Gasteiger partial charge on any atom is 0.326 e. The molecule has 1 aromatic heterocycles. The number of nitrogens with zero attached hydrogens (tertiary/aromatic N) is 2.